The van der Waals surface area contributed by atoms with Crippen LogP contribution in [0.25, 0.3) is 0 Å². The number of piperidine rings is 1. The van der Waals surface area contributed by atoms with Gasteiger partial charge in [-0.1, -0.05) is 53.4 Å². The highest BCUT2D eigenvalue weighted by atomic mass is 79.9. The fourth-order valence-electron chi connectivity index (χ4n) is 4.13. The Bertz CT molecular complexity index is 462. The van der Waals surface area contributed by atoms with Crippen molar-refractivity contribution < 1.29 is 0 Å². The zero-order chi connectivity index (χ0) is 14.7. The minimum Gasteiger partial charge on any atom is -0.324 e. The molecule has 1 aromatic carbocycles. The summed E-state index contributed by atoms with van der Waals surface area (Å²) in [5.74, 6) is 1.99. The first-order chi connectivity index (χ1) is 10.2. The van der Waals surface area contributed by atoms with Crippen molar-refractivity contribution >= 4 is 15.9 Å². The summed E-state index contributed by atoms with van der Waals surface area (Å²) in [5, 5.41) is 0. The summed E-state index contributed by atoms with van der Waals surface area (Å²) in [4.78, 5) is 2.66. The first-order valence-electron chi connectivity index (χ1n) is 8.46. The van der Waals surface area contributed by atoms with Crippen LogP contribution in [0.15, 0.2) is 28.7 Å². The molecule has 0 spiro atoms. The van der Waals surface area contributed by atoms with E-state index in [1.165, 1.54) is 50.8 Å². The van der Waals surface area contributed by atoms with Crippen LogP contribution in [0.5, 0.6) is 0 Å². The van der Waals surface area contributed by atoms with Gasteiger partial charge in [0.05, 0.1) is 0 Å². The van der Waals surface area contributed by atoms with E-state index in [9.17, 15) is 0 Å². The normalized spacial score (nSPS) is 28.1. The summed E-state index contributed by atoms with van der Waals surface area (Å²) in [5.41, 5.74) is 7.63. The summed E-state index contributed by atoms with van der Waals surface area (Å²) in [7, 11) is 0. The summed E-state index contributed by atoms with van der Waals surface area (Å²) in [6.45, 7) is 3.74. The highest BCUT2D eigenvalue weighted by molar-refractivity contribution is 9.10. The minimum absolute atomic E-state index is 0.143. The molecule has 0 aromatic heterocycles. The molecule has 21 heavy (non-hydrogen) atoms. The van der Waals surface area contributed by atoms with E-state index in [0.717, 1.165) is 29.3 Å². The van der Waals surface area contributed by atoms with E-state index in [-0.39, 0.29) is 6.04 Å². The first kappa shape index (κ1) is 15.5. The van der Waals surface area contributed by atoms with Gasteiger partial charge in [0.1, 0.15) is 0 Å². The van der Waals surface area contributed by atoms with Crippen LogP contribution in [0.4, 0.5) is 0 Å². The Kier molecular flexibility index (Phi) is 5.36. The molecule has 2 aliphatic rings. The molecule has 0 radical (unpaired) electrons. The average Bonchev–Trinajstić information content (AvgIpc) is 2.53. The van der Waals surface area contributed by atoms with Crippen LogP contribution in [0.1, 0.15) is 50.1 Å². The number of hydrogen-bond acceptors (Lipinski definition) is 2. The summed E-state index contributed by atoms with van der Waals surface area (Å²) >= 11 is 3.61. The van der Waals surface area contributed by atoms with Gasteiger partial charge in [-0.05, 0) is 55.8 Å². The topological polar surface area (TPSA) is 29.3 Å². The molecule has 1 saturated carbocycles. The molecule has 116 valence electrons. The Morgan fingerprint density at radius 2 is 1.90 bits per heavy atom. The van der Waals surface area contributed by atoms with Gasteiger partial charge >= 0.3 is 0 Å². The van der Waals surface area contributed by atoms with Gasteiger partial charge in [-0.2, -0.15) is 0 Å². The van der Waals surface area contributed by atoms with Crippen molar-refractivity contribution in [2.75, 3.05) is 19.6 Å². The maximum absolute atomic E-state index is 6.39. The third kappa shape index (κ3) is 3.88. The maximum Gasteiger partial charge on any atom is 0.0318 e. The number of benzene rings is 1. The Morgan fingerprint density at radius 1 is 1.14 bits per heavy atom. The standard InChI is InChI=1S/C18H27BrN2/c19-17-8-4-3-7-16(17)18(20)10-12-21-11-9-14-5-1-2-6-15(14)13-21/h3-4,7-8,14-15,18H,1-2,5-6,9-13,20H2. The second-order valence-corrected chi connectivity index (χ2v) is 7.66. The Balaban J connectivity index is 1.50. The molecule has 1 saturated heterocycles. The first-order valence-corrected chi connectivity index (χ1v) is 9.25. The molecule has 1 aliphatic carbocycles. The number of nitrogens with zero attached hydrogens (tertiary/aromatic N) is 1. The molecular formula is C18H27BrN2. The van der Waals surface area contributed by atoms with Gasteiger partial charge in [0, 0.05) is 17.1 Å². The van der Waals surface area contributed by atoms with E-state index < -0.39 is 0 Å². The predicted octanol–water partition coefficient (Wildman–Crippen LogP) is 4.35. The third-order valence-electron chi connectivity index (χ3n) is 5.44. The molecule has 2 N–H and O–H groups in total. The van der Waals surface area contributed by atoms with E-state index in [4.69, 9.17) is 5.73 Å². The summed E-state index contributed by atoms with van der Waals surface area (Å²) < 4.78 is 1.14. The maximum atomic E-state index is 6.39. The predicted molar refractivity (Wildman–Crippen MR) is 92.2 cm³/mol. The second-order valence-electron chi connectivity index (χ2n) is 6.81. The quantitative estimate of drug-likeness (QED) is 0.874. The number of hydrogen-bond donors (Lipinski definition) is 1. The van der Waals surface area contributed by atoms with E-state index in [1.54, 1.807) is 0 Å². The van der Waals surface area contributed by atoms with Gasteiger partial charge in [-0.25, -0.2) is 0 Å². The number of nitrogens with two attached hydrogens (primary N) is 1. The number of rotatable bonds is 4. The van der Waals surface area contributed by atoms with Crippen molar-refractivity contribution in [1.82, 2.24) is 4.90 Å². The van der Waals surface area contributed by atoms with Gasteiger partial charge in [0.2, 0.25) is 0 Å². The molecule has 1 aliphatic heterocycles. The average molecular weight is 351 g/mol. The molecule has 3 rings (SSSR count). The molecular weight excluding hydrogens is 324 g/mol. The van der Waals surface area contributed by atoms with E-state index in [2.05, 4.69) is 39.0 Å². The molecule has 3 atom stereocenters. The Morgan fingerprint density at radius 3 is 2.71 bits per heavy atom. The van der Waals surface area contributed by atoms with Crippen LogP contribution < -0.4 is 5.73 Å². The molecule has 0 bridgehead atoms. The highest BCUT2D eigenvalue weighted by Gasteiger charge is 2.30. The fraction of sp³-hybridized carbons (Fsp3) is 0.667. The second kappa shape index (κ2) is 7.26. The zero-order valence-corrected chi connectivity index (χ0v) is 14.4. The van der Waals surface area contributed by atoms with Gasteiger partial charge < -0.3 is 10.6 Å². The SMILES string of the molecule is NC(CCN1CCC2CCCCC2C1)c1ccccc1Br. The van der Waals surface area contributed by atoms with Crippen molar-refractivity contribution in [2.45, 2.75) is 44.6 Å². The van der Waals surface area contributed by atoms with Gasteiger partial charge in [-0.3, -0.25) is 0 Å². The molecule has 2 nitrogen and oxygen atoms in total. The molecule has 1 heterocycles. The van der Waals surface area contributed by atoms with Crippen molar-refractivity contribution in [1.29, 1.82) is 0 Å². The minimum atomic E-state index is 0.143. The fourth-order valence-corrected chi connectivity index (χ4v) is 4.71. The Labute approximate surface area is 137 Å². The van der Waals surface area contributed by atoms with E-state index in [1.807, 2.05) is 6.07 Å². The monoisotopic (exact) mass is 350 g/mol. The van der Waals surface area contributed by atoms with Gasteiger partial charge in [0.25, 0.3) is 0 Å². The van der Waals surface area contributed by atoms with Crippen molar-refractivity contribution in [3.05, 3.63) is 34.3 Å². The third-order valence-corrected chi connectivity index (χ3v) is 6.16. The smallest absolute Gasteiger partial charge is 0.0318 e. The lowest BCUT2D eigenvalue weighted by molar-refractivity contribution is 0.0848. The lowest BCUT2D eigenvalue weighted by Gasteiger charge is -2.41. The molecule has 3 unspecified atom stereocenters. The van der Waals surface area contributed by atoms with Crippen LogP contribution in [0.3, 0.4) is 0 Å². The van der Waals surface area contributed by atoms with Crippen LogP contribution in [0.2, 0.25) is 0 Å². The van der Waals surface area contributed by atoms with Crippen LogP contribution >= 0.6 is 15.9 Å². The lowest BCUT2D eigenvalue weighted by atomic mass is 9.75. The lowest BCUT2D eigenvalue weighted by Crippen LogP contribution is -2.42. The van der Waals surface area contributed by atoms with Crippen LogP contribution in [-0.4, -0.2) is 24.5 Å². The van der Waals surface area contributed by atoms with Crippen molar-refractivity contribution in [3.8, 4) is 0 Å². The van der Waals surface area contributed by atoms with Gasteiger partial charge in [0.15, 0.2) is 0 Å². The van der Waals surface area contributed by atoms with E-state index in [0.29, 0.717) is 0 Å². The molecule has 0 amide bonds. The highest BCUT2D eigenvalue weighted by Crippen LogP contribution is 2.36. The Hall–Kier alpha value is -0.380. The number of halogens is 1. The number of fused-ring (bicyclic) bond motifs is 1. The van der Waals surface area contributed by atoms with E-state index >= 15 is 0 Å². The zero-order valence-electron chi connectivity index (χ0n) is 12.8. The largest absolute Gasteiger partial charge is 0.324 e. The summed E-state index contributed by atoms with van der Waals surface area (Å²) in [6, 6.07) is 8.50. The number of likely N-dealkylation sites (tertiary alicyclic amines) is 1. The van der Waals surface area contributed by atoms with Crippen LogP contribution in [-0.2, 0) is 0 Å². The van der Waals surface area contributed by atoms with Gasteiger partial charge in [-0.15, -0.1) is 0 Å². The summed E-state index contributed by atoms with van der Waals surface area (Å²) in [6.07, 6.45) is 8.32. The molecule has 3 heteroatoms. The van der Waals surface area contributed by atoms with Crippen LogP contribution in [0, 0.1) is 11.8 Å². The van der Waals surface area contributed by atoms with Crippen molar-refractivity contribution in [2.24, 2.45) is 17.6 Å². The molecule has 1 aromatic rings. The van der Waals surface area contributed by atoms with Crippen molar-refractivity contribution in [3.63, 3.8) is 0 Å². The molecule has 2 fully saturated rings.